The van der Waals surface area contributed by atoms with Crippen LogP contribution in [0.5, 0.6) is 11.5 Å². The highest BCUT2D eigenvalue weighted by atomic mass is 16.6. The third-order valence-electron chi connectivity index (χ3n) is 5.12. The summed E-state index contributed by atoms with van der Waals surface area (Å²) in [6.07, 6.45) is 0.286. The Morgan fingerprint density at radius 2 is 1.69 bits per heavy atom. The van der Waals surface area contributed by atoms with Gasteiger partial charge in [0, 0.05) is 6.54 Å². The minimum Gasteiger partial charge on any atom is -0.484 e. The van der Waals surface area contributed by atoms with E-state index in [1.54, 1.807) is 13.8 Å². The van der Waals surface area contributed by atoms with Gasteiger partial charge in [0.15, 0.2) is 11.5 Å². The largest absolute Gasteiger partial charge is 0.484 e. The van der Waals surface area contributed by atoms with E-state index >= 15 is 0 Å². The first kappa shape index (κ1) is 21.5. The predicted molar refractivity (Wildman–Crippen MR) is 112 cm³/mol. The van der Waals surface area contributed by atoms with Crippen molar-refractivity contribution < 1.29 is 19.1 Å². The summed E-state index contributed by atoms with van der Waals surface area (Å²) in [4.78, 5) is 28.9. The molecule has 2 aliphatic heterocycles. The average Bonchev–Trinajstić information content (AvgIpc) is 2.71. The molecule has 6 heteroatoms. The van der Waals surface area contributed by atoms with Crippen molar-refractivity contribution in [2.45, 2.75) is 73.6 Å². The summed E-state index contributed by atoms with van der Waals surface area (Å²) in [7, 11) is 0. The van der Waals surface area contributed by atoms with Crippen LogP contribution in [0.3, 0.4) is 0 Å². The van der Waals surface area contributed by atoms with E-state index in [4.69, 9.17) is 9.47 Å². The van der Waals surface area contributed by atoms with Crippen molar-refractivity contribution in [3.63, 3.8) is 0 Å². The summed E-state index contributed by atoms with van der Waals surface area (Å²) in [5.74, 6) is 1.09. The Hall–Kier alpha value is -2.24. The van der Waals surface area contributed by atoms with Crippen LogP contribution in [-0.2, 0) is 11.2 Å². The lowest BCUT2D eigenvalue weighted by Crippen LogP contribution is -2.55. The lowest BCUT2D eigenvalue weighted by atomic mass is 9.88. The van der Waals surface area contributed by atoms with Crippen LogP contribution in [0.4, 0.5) is 4.79 Å². The SMILES string of the molecule is CC(C)(C)Cc1ccc2c(c1)OCC(N1C(=O)N(CC(C)(C)C)C(=O)C1(C)C)O2. The van der Waals surface area contributed by atoms with Crippen molar-refractivity contribution in [3.05, 3.63) is 23.8 Å². The van der Waals surface area contributed by atoms with Gasteiger partial charge < -0.3 is 9.47 Å². The van der Waals surface area contributed by atoms with Crippen LogP contribution in [0.1, 0.15) is 61.0 Å². The number of nitrogens with zero attached hydrogens (tertiary/aromatic N) is 2. The molecule has 3 rings (SSSR count). The van der Waals surface area contributed by atoms with Gasteiger partial charge in [-0.3, -0.25) is 14.6 Å². The van der Waals surface area contributed by atoms with Crippen molar-refractivity contribution >= 4 is 11.9 Å². The third-order valence-corrected chi connectivity index (χ3v) is 5.12. The zero-order chi connectivity index (χ0) is 21.8. The number of hydrogen-bond donors (Lipinski definition) is 0. The molecule has 0 saturated carbocycles. The number of benzene rings is 1. The molecule has 29 heavy (non-hydrogen) atoms. The summed E-state index contributed by atoms with van der Waals surface area (Å²) >= 11 is 0. The highest BCUT2D eigenvalue weighted by Gasteiger charge is 2.55. The molecule has 1 atom stereocenters. The molecule has 0 spiro atoms. The number of carbonyl (C=O) groups excluding carboxylic acids is 2. The van der Waals surface area contributed by atoms with E-state index in [0.717, 1.165) is 6.42 Å². The number of rotatable bonds is 3. The van der Waals surface area contributed by atoms with E-state index in [-0.39, 0.29) is 29.4 Å². The molecule has 1 unspecified atom stereocenters. The Morgan fingerprint density at radius 1 is 1.03 bits per heavy atom. The summed E-state index contributed by atoms with van der Waals surface area (Å²) < 4.78 is 12.1. The van der Waals surface area contributed by atoms with Gasteiger partial charge >= 0.3 is 6.03 Å². The molecule has 2 aliphatic rings. The van der Waals surface area contributed by atoms with Crippen molar-refractivity contribution in [3.8, 4) is 11.5 Å². The lowest BCUT2D eigenvalue weighted by Gasteiger charge is -2.37. The first-order valence-corrected chi connectivity index (χ1v) is 10.3. The molecular formula is C23H34N2O4. The maximum Gasteiger partial charge on any atom is 0.330 e. The van der Waals surface area contributed by atoms with Crippen LogP contribution in [0.2, 0.25) is 0 Å². The Morgan fingerprint density at radius 3 is 2.28 bits per heavy atom. The van der Waals surface area contributed by atoms with Crippen molar-refractivity contribution in [1.82, 2.24) is 9.80 Å². The summed E-state index contributed by atoms with van der Waals surface area (Å²) in [5.41, 5.74) is 0.189. The van der Waals surface area contributed by atoms with E-state index in [9.17, 15) is 9.59 Å². The van der Waals surface area contributed by atoms with E-state index in [1.165, 1.54) is 15.4 Å². The van der Waals surface area contributed by atoms with Crippen LogP contribution in [0, 0.1) is 10.8 Å². The van der Waals surface area contributed by atoms with E-state index in [2.05, 4.69) is 20.8 Å². The molecule has 0 radical (unpaired) electrons. The minimum absolute atomic E-state index is 0.176. The molecule has 0 bridgehead atoms. The van der Waals surface area contributed by atoms with Gasteiger partial charge in [-0.25, -0.2) is 4.79 Å². The Balaban J connectivity index is 1.82. The highest BCUT2D eigenvalue weighted by molar-refractivity contribution is 6.06. The minimum atomic E-state index is -0.986. The van der Waals surface area contributed by atoms with Gasteiger partial charge in [0.25, 0.3) is 5.91 Å². The van der Waals surface area contributed by atoms with Gasteiger partial charge in [-0.05, 0) is 48.8 Å². The molecule has 0 N–H and O–H groups in total. The molecule has 6 nitrogen and oxygen atoms in total. The van der Waals surface area contributed by atoms with Gasteiger partial charge in [0.1, 0.15) is 12.1 Å². The van der Waals surface area contributed by atoms with E-state index in [0.29, 0.717) is 18.0 Å². The molecule has 3 amide bonds. The zero-order valence-corrected chi connectivity index (χ0v) is 19.0. The van der Waals surface area contributed by atoms with E-state index in [1.807, 2.05) is 39.0 Å². The van der Waals surface area contributed by atoms with Crippen LogP contribution < -0.4 is 9.47 Å². The fraction of sp³-hybridized carbons (Fsp3) is 0.652. The Kier molecular flexibility index (Phi) is 5.13. The Labute approximate surface area is 174 Å². The normalized spacial score (nSPS) is 21.7. The topological polar surface area (TPSA) is 59.1 Å². The summed E-state index contributed by atoms with van der Waals surface area (Å²) in [6.45, 7) is 16.7. The van der Waals surface area contributed by atoms with Crippen molar-refractivity contribution in [2.24, 2.45) is 10.8 Å². The second-order valence-electron chi connectivity index (χ2n) is 11.1. The van der Waals surface area contributed by atoms with Gasteiger partial charge in [0.05, 0.1) is 0 Å². The van der Waals surface area contributed by atoms with Gasteiger partial charge in [-0.1, -0.05) is 47.6 Å². The number of urea groups is 1. The van der Waals surface area contributed by atoms with Crippen molar-refractivity contribution in [2.75, 3.05) is 13.2 Å². The Bertz CT molecular complexity index is 817. The number of amides is 3. The molecule has 1 aromatic carbocycles. The molecular weight excluding hydrogens is 368 g/mol. The number of imide groups is 1. The van der Waals surface area contributed by atoms with Gasteiger partial charge in [-0.15, -0.1) is 0 Å². The summed E-state index contributed by atoms with van der Waals surface area (Å²) in [5, 5.41) is 0. The van der Waals surface area contributed by atoms with Crippen LogP contribution in [-0.4, -0.2) is 46.7 Å². The maximum absolute atomic E-state index is 13.1. The van der Waals surface area contributed by atoms with Crippen LogP contribution in [0.15, 0.2) is 18.2 Å². The van der Waals surface area contributed by atoms with Crippen molar-refractivity contribution in [1.29, 1.82) is 0 Å². The smallest absolute Gasteiger partial charge is 0.330 e. The first-order valence-electron chi connectivity index (χ1n) is 10.3. The van der Waals surface area contributed by atoms with Gasteiger partial charge in [-0.2, -0.15) is 0 Å². The number of hydrogen-bond acceptors (Lipinski definition) is 4. The second-order valence-corrected chi connectivity index (χ2v) is 11.1. The van der Waals surface area contributed by atoms with E-state index < -0.39 is 11.8 Å². The van der Waals surface area contributed by atoms with Crippen LogP contribution >= 0.6 is 0 Å². The standard InChI is InChI=1S/C23H34N2O4/c1-21(2,3)12-15-9-10-16-17(11-15)28-13-18(29-16)25-20(27)24(14-22(4,5)6)19(26)23(25,7)8/h9-11,18H,12-14H2,1-8H3. The third kappa shape index (κ3) is 4.36. The average molecular weight is 403 g/mol. The molecule has 0 aliphatic carbocycles. The number of fused-ring (bicyclic) bond motifs is 1. The molecule has 1 fully saturated rings. The molecule has 0 aromatic heterocycles. The second kappa shape index (κ2) is 6.92. The quantitative estimate of drug-likeness (QED) is 0.701. The lowest BCUT2D eigenvalue weighted by molar-refractivity contribution is -0.135. The fourth-order valence-electron chi connectivity index (χ4n) is 3.94. The summed E-state index contributed by atoms with van der Waals surface area (Å²) in [6, 6.07) is 5.61. The predicted octanol–water partition coefficient (Wildman–Crippen LogP) is 4.46. The first-order chi connectivity index (χ1) is 13.2. The fourth-order valence-corrected chi connectivity index (χ4v) is 3.94. The monoisotopic (exact) mass is 402 g/mol. The molecule has 2 heterocycles. The maximum atomic E-state index is 13.1. The van der Waals surface area contributed by atoms with Crippen LogP contribution in [0.25, 0.3) is 0 Å². The molecule has 160 valence electrons. The number of ether oxygens (including phenoxy) is 2. The molecule has 1 aromatic rings. The number of carbonyl (C=O) groups is 2. The van der Waals surface area contributed by atoms with Gasteiger partial charge in [0.2, 0.25) is 6.23 Å². The zero-order valence-electron chi connectivity index (χ0n) is 19.0. The molecule has 1 saturated heterocycles. The highest BCUT2D eigenvalue weighted by Crippen LogP contribution is 2.39.